The Labute approximate surface area is 167 Å². The number of fused-ring (bicyclic) bond motifs is 4. The average Bonchev–Trinajstić information content (AvgIpc) is 3.20. The fourth-order valence-electron chi connectivity index (χ4n) is 8.32. The van der Waals surface area contributed by atoms with Crippen LogP contribution in [0.25, 0.3) is 0 Å². The van der Waals surface area contributed by atoms with Crippen LogP contribution in [0, 0.1) is 28.6 Å². The van der Waals surface area contributed by atoms with Crippen molar-refractivity contribution in [1.29, 1.82) is 0 Å². The third kappa shape index (κ3) is 2.41. The third-order valence-corrected chi connectivity index (χ3v) is 9.59. The largest absolute Gasteiger partial charge is 0.462 e. The van der Waals surface area contributed by atoms with Crippen molar-refractivity contribution in [3.8, 4) is 0 Å². The standard InChI is InChI=1S/C23H34O5/c1-13(24)26-15-7-10-22(4)18-8-9-21(3)17(5-6-19(21)27-14(2)25)16(18)11-20-23(22,12-15)28-20/h15-20H,5-12H2,1-4H3/t15-,16-,17-,18-,19-,20-,21-,22+,23-/m0/s1. The summed E-state index contributed by atoms with van der Waals surface area (Å²) in [4.78, 5) is 23.1. The van der Waals surface area contributed by atoms with Gasteiger partial charge in [-0.1, -0.05) is 13.8 Å². The number of carbonyl (C=O) groups excluding carboxylic acids is 2. The number of esters is 2. The predicted molar refractivity (Wildman–Crippen MR) is 102 cm³/mol. The zero-order chi connectivity index (χ0) is 19.9. The van der Waals surface area contributed by atoms with Gasteiger partial charge in [0.25, 0.3) is 0 Å². The maximum absolute atomic E-state index is 11.6. The second-order valence-corrected chi connectivity index (χ2v) is 10.7. The Balaban J connectivity index is 1.39. The molecule has 4 saturated carbocycles. The topological polar surface area (TPSA) is 65.1 Å². The van der Waals surface area contributed by atoms with Crippen LogP contribution in [0.4, 0.5) is 0 Å². The lowest BCUT2D eigenvalue weighted by Crippen LogP contribution is -2.59. The first-order valence-electron chi connectivity index (χ1n) is 11.2. The molecule has 0 bridgehead atoms. The molecular weight excluding hydrogens is 356 g/mol. The highest BCUT2D eigenvalue weighted by molar-refractivity contribution is 5.66. The van der Waals surface area contributed by atoms with Crippen molar-refractivity contribution in [2.75, 3.05) is 0 Å². The molecule has 9 atom stereocenters. The van der Waals surface area contributed by atoms with Gasteiger partial charge in [0.1, 0.15) is 17.8 Å². The van der Waals surface area contributed by atoms with E-state index in [2.05, 4.69) is 13.8 Å². The van der Waals surface area contributed by atoms with Crippen LogP contribution < -0.4 is 0 Å². The molecule has 0 aromatic heterocycles. The van der Waals surface area contributed by atoms with Gasteiger partial charge in [-0.25, -0.2) is 0 Å². The quantitative estimate of drug-likeness (QED) is 0.526. The van der Waals surface area contributed by atoms with Crippen molar-refractivity contribution in [3.63, 3.8) is 0 Å². The van der Waals surface area contributed by atoms with E-state index >= 15 is 0 Å². The summed E-state index contributed by atoms with van der Waals surface area (Å²) < 4.78 is 17.8. The molecule has 5 aliphatic rings. The predicted octanol–water partition coefficient (Wildman–Crippen LogP) is 4.02. The van der Waals surface area contributed by atoms with Crippen LogP contribution in [0.5, 0.6) is 0 Å². The van der Waals surface area contributed by atoms with Crippen LogP contribution in [0.15, 0.2) is 0 Å². The molecule has 0 aromatic carbocycles. The molecule has 5 fully saturated rings. The van der Waals surface area contributed by atoms with Crippen molar-refractivity contribution in [1.82, 2.24) is 0 Å². The van der Waals surface area contributed by atoms with Crippen molar-refractivity contribution < 1.29 is 23.8 Å². The number of carbonyl (C=O) groups is 2. The molecule has 0 amide bonds. The summed E-state index contributed by atoms with van der Waals surface area (Å²) in [6.07, 6.45) is 8.95. The van der Waals surface area contributed by atoms with Crippen LogP contribution >= 0.6 is 0 Å². The van der Waals surface area contributed by atoms with Crippen LogP contribution in [0.3, 0.4) is 0 Å². The third-order valence-electron chi connectivity index (χ3n) is 9.59. The first-order chi connectivity index (χ1) is 13.2. The Bertz CT molecular complexity index is 705. The number of hydrogen-bond acceptors (Lipinski definition) is 5. The van der Waals surface area contributed by atoms with Crippen LogP contribution in [-0.2, 0) is 23.8 Å². The Morgan fingerprint density at radius 2 is 1.68 bits per heavy atom. The maximum atomic E-state index is 11.6. The van der Waals surface area contributed by atoms with E-state index in [1.54, 1.807) is 0 Å². The van der Waals surface area contributed by atoms with Gasteiger partial charge in [0.2, 0.25) is 0 Å². The Kier molecular flexibility index (Phi) is 4.02. The molecule has 156 valence electrons. The van der Waals surface area contributed by atoms with Crippen molar-refractivity contribution in [2.45, 2.75) is 103 Å². The van der Waals surface area contributed by atoms with Gasteiger partial charge in [-0.2, -0.15) is 0 Å². The zero-order valence-corrected chi connectivity index (χ0v) is 17.7. The molecule has 1 aliphatic heterocycles. The molecule has 5 heteroatoms. The molecular formula is C23H34O5. The van der Waals surface area contributed by atoms with Gasteiger partial charge in [0.05, 0.1) is 6.10 Å². The van der Waals surface area contributed by atoms with E-state index in [9.17, 15) is 9.59 Å². The monoisotopic (exact) mass is 390 g/mol. The van der Waals surface area contributed by atoms with E-state index < -0.39 is 0 Å². The molecule has 4 aliphatic carbocycles. The Hall–Kier alpha value is -1.10. The van der Waals surface area contributed by atoms with E-state index in [0.29, 0.717) is 23.9 Å². The summed E-state index contributed by atoms with van der Waals surface area (Å²) in [5.74, 6) is 1.64. The number of rotatable bonds is 2. The lowest BCUT2D eigenvalue weighted by atomic mass is 9.45. The number of epoxide rings is 1. The molecule has 5 rings (SSSR count). The highest BCUT2D eigenvalue weighted by atomic mass is 16.6. The molecule has 1 heterocycles. The Morgan fingerprint density at radius 1 is 0.929 bits per heavy atom. The highest BCUT2D eigenvalue weighted by Crippen LogP contribution is 2.73. The summed E-state index contributed by atoms with van der Waals surface area (Å²) in [6, 6.07) is 0. The molecule has 1 spiro atoms. The van der Waals surface area contributed by atoms with Crippen molar-refractivity contribution in [2.24, 2.45) is 28.6 Å². The first-order valence-corrected chi connectivity index (χ1v) is 11.2. The van der Waals surface area contributed by atoms with Crippen LogP contribution in [0.1, 0.15) is 79.1 Å². The highest BCUT2D eigenvalue weighted by Gasteiger charge is 2.76. The van der Waals surface area contributed by atoms with Crippen molar-refractivity contribution in [3.05, 3.63) is 0 Å². The van der Waals surface area contributed by atoms with Gasteiger partial charge in [0.15, 0.2) is 0 Å². The minimum Gasteiger partial charge on any atom is -0.462 e. The van der Waals surface area contributed by atoms with E-state index in [-0.39, 0.29) is 40.6 Å². The second-order valence-electron chi connectivity index (χ2n) is 10.7. The van der Waals surface area contributed by atoms with Gasteiger partial charge in [0, 0.05) is 31.1 Å². The average molecular weight is 391 g/mol. The molecule has 0 N–H and O–H groups in total. The lowest BCUT2D eigenvalue weighted by molar-refractivity contribution is -0.164. The number of hydrogen-bond donors (Lipinski definition) is 0. The summed E-state index contributed by atoms with van der Waals surface area (Å²) >= 11 is 0. The van der Waals surface area contributed by atoms with Gasteiger partial charge >= 0.3 is 11.9 Å². The van der Waals surface area contributed by atoms with E-state index in [4.69, 9.17) is 14.2 Å². The summed E-state index contributed by atoms with van der Waals surface area (Å²) in [7, 11) is 0. The van der Waals surface area contributed by atoms with Gasteiger partial charge < -0.3 is 14.2 Å². The molecule has 1 saturated heterocycles. The fraction of sp³-hybridized carbons (Fsp3) is 0.913. The molecule has 5 nitrogen and oxygen atoms in total. The minimum atomic E-state index is -0.174. The maximum Gasteiger partial charge on any atom is 0.302 e. The molecule has 0 unspecified atom stereocenters. The second kappa shape index (κ2) is 5.96. The van der Waals surface area contributed by atoms with E-state index in [1.165, 1.54) is 26.7 Å². The van der Waals surface area contributed by atoms with Crippen LogP contribution in [0.2, 0.25) is 0 Å². The molecule has 0 radical (unpaired) electrons. The summed E-state index contributed by atoms with van der Waals surface area (Å²) in [5.41, 5.74) is 0.222. The van der Waals surface area contributed by atoms with Crippen LogP contribution in [-0.4, -0.2) is 35.9 Å². The van der Waals surface area contributed by atoms with E-state index in [1.807, 2.05) is 0 Å². The molecule has 28 heavy (non-hydrogen) atoms. The SMILES string of the molecule is CC(=O)O[C@H]1CC[C@]2(C)[C@H]3CC[C@]4(C)[C@@H](OC(C)=O)CC[C@H]4[C@@H]3C[C@@H]3O[C@@]32C1. The van der Waals surface area contributed by atoms with Crippen molar-refractivity contribution >= 4 is 11.9 Å². The van der Waals surface area contributed by atoms with E-state index in [0.717, 1.165) is 38.5 Å². The number of ether oxygens (including phenoxy) is 3. The zero-order valence-electron chi connectivity index (χ0n) is 17.7. The minimum absolute atomic E-state index is 0.0146. The fourth-order valence-corrected chi connectivity index (χ4v) is 8.32. The van der Waals surface area contributed by atoms with Gasteiger partial charge in [-0.15, -0.1) is 0 Å². The normalized spacial score (nSPS) is 53.9. The summed E-state index contributed by atoms with van der Waals surface area (Å²) in [6.45, 7) is 7.87. The summed E-state index contributed by atoms with van der Waals surface area (Å²) in [5, 5.41) is 0. The molecule has 0 aromatic rings. The Morgan fingerprint density at radius 3 is 2.39 bits per heavy atom. The smallest absolute Gasteiger partial charge is 0.302 e. The van der Waals surface area contributed by atoms with Gasteiger partial charge in [-0.3, -0.25) is 9.59 Å². The lowest BCUT2D eigenvalue weighted by Gasteiger charge is -2.59. The first kappa shape index (κ1) is 18.9. The van der Waals surface area contributed by atoms with Gasteiger partial charge in [-0.05, 0) is 62.7 Å².